The van der Waals surface area contributed by atoms with E-state index >= 15 is 0 Å². The largest absolute Gasteiger partial charge is 0.369 e. The van der Waals surface area contributed by atoms with Crippen LogP contribution < -0.4 is 11.1 Å². The van der Waals surface area contributed by atoms with Gasteiger partial charge in [0.15, 0.2) is 5.78 Å². The Morgan fingerprint density at radius 1 is 1.06 bits per heavy atom. The van der Waals surface area contributed by atoms with Gasteiger partial charge in [0.2, 0.25) is 5.91 Å². The van der Waals surface area contributed by atoms with Crippen molar-refractivity contribution in [2.24, 2.45) is 5.73 Å². The third kappa shape index (κ3) is 6.79. The lowest BCUT2D eigenvalue weighted by Crippen LogP contribution is -2.35. The average molecular weight is 492 g/mol. The van der Waals surface area contributed by atoms with Crippen molar-refractivity contribution in [1.82, 2.24) is 20.2 Å². The number of aromatic nitrogens is 2. The Bertz CT molecular complexity index is 1290. The Morgan fingerprint density at radius 3 is 2.44 bits per heavy atom. The molecular weight excluding hydrogens is 461 g/mol. The molecule has 0 aliphatic carbocycles. The SMILES string of the molecule is CC(=O)c1ccc([C@H](C)N(CC(N)=O)Cc2cc(C(=O)NCc3ccc(F)c(C)c3)ncn2)cc1C. The summed E-state index contributed by atoms with van der Waals surface area (Å²) in [4.78, 5) is 46.4. The highest BCUT2D eigenvalue weighted by molar-refractivity contribution is 5.95. The number of hydrogen-bond donors (Lipinski definition) is 2. The van der Waals surface area contributed by atoms with E-state index in [0.717, 1.165) is 16.7 Å². The van der Waals surface area contributed by atoms with Crippen molar-refractivity contribution in [3.63, 3.8) is 0 Å². The van der Waals surface area contributed by atoms with Gasteiger partial charge in [-0.25, -0.2) is 14.4 Å². The smallest absolute Gasteiger partial charge is 0.270 e. The van der Waals surface area contributed by atoms with Crippen LogP contribution in [0.2, 0.25) is 0 Å². The zero-order valence-electron chi connectivity index (χ0n) is 20.8. The Kier molecular flexibility index (Phi) is 8.60. The van der Waals surface area contributed by atoms with Gasteiger partial charge in [-0.2, -0.15) is 0 Å². The van der Waals surface area contributed by atoms with E-state index in [2.05, 4.69) is 15.3 Å². The van der Waals surface area contributed by atoms with E-state index in [0.29, 0.717) is 16.8 Å². The van der Waals surface area contributed by atoms with Crippen molar-refractivity contribution in [2.45, 2.75) is 46.8 Å². The van der Waals surface area contributed by atoms with Gasteiger partial charge >= 0.3 is 0 Å². The molecule has 3 aromatic rings. The molecule has 0 spiro atoms. The van der Waals surface area contributed by atoms with Crippen molar-refractivity contribution >= 4 is 17.6 Å². The number of hydrogen-bond acceptors (Lipinski definition) is 6. The minimum atomic E-state index is -0.499. The maximum Gasteiger partial charge on any atom is 0.270 e. The van der Waals surface area contributed by atoms with Gasteiger partial charge in [0.05, 0.1) is 12.2 Å². The number of ketones is 1. The van der Waals surface area contributed by atoms with E-state index in [1.54, 1.807) is 31.2 Å². The lowest BCUT2D eigenvalue weighted by atomic mass is 9.98. The van der Waals surface area contributed by atoms with Gasteiger partial charge < -0.3 is 11.1 Å². The second-order valence-corrected chi connectivity index (χ2v) is 8.84. The van der Waals surface area contributed by atoms with Crippen LogP contribution in [-0.4, -0.2) is 39.0 Å². The maximum atomic E-state index is 13.5. The molecule has 1 atom stereocenters. The second kappa shape index (κ2) is 11.6. The quantitative estimate of drug-likeness (QED) is 0.420. The molecule has 1 heterocycles. The summed E-state index contributed by atoms with van der Waals surface area (Å²) in [5.41, 5.74) is 9.90. The van der Waals surface area contributed by atoms with Crippen LogP contribution in [0, 0.1) is 19.7 Å². The van der Waals surface area contributed by atoms with Gasteiger partial charge in [0, 0.05) is 24.7 Å². The van der Waals surface area contributed by atoms with Crippen molar-refractivity contribution in [3.8, 4) is 0 Å². The number of aryl methyl sites for hydroxylation is 2. The molecule has 0 saturated carbocycles. The summed E-state index contributed by atoms with van der Waals surface area (Å²) in [6.07, 6.45) is 1.30. The zero-order valence-corrected chi connectivity index (χ0v) is 20.8. The van der Waals surface area contributed by atoms with Crippen LogP contribution in [0.25, 0.3) is 0 Å². The molecule has 0 radical (unpaired) electrons. The first-order chi connectivity index (χ1) is 17.0. The van der Waals surface area contributed by atoms with E-state index in [-0.39, 0.29) is 43.0 Å². The number of halogens is 1. The number of amides is 2. The molecule has 36 heavy (non-hydrogen) atoms. The summed E-state index contributed by atoms with van der Waals surface area (Å²) in [5.74, 6) is -1.21. The highest BCUT2D eigenvalue weighted by Gasteiger charge is 2.21. The van der Waals surface area contributed by atoms with Crippen molar-refractivity contribution in [3.05, 3.63) is 93.8 Å². The molecule has 2 amide bonds. The standard InChI is InChI=1S/C27H30FN5O3/c1-16-10-21(6-7-23(16)19(4)34)18(3)33(14-26(29)35)13-22-11-25(32-15-31-22)27(36)30-12-20-5-8-24(28)17(2)9-20/h5-11,15,18H,12-14H2,1-4H3,(H2,29,35)(H,30,36)/t18-/m0/s1. The fourth-order valence-electron chi connectivity index (χ4n) is 3.99. The van der Waals surface area contributed by atoms with Crippen LogP contribution in [-0.2, 0) is 17.9 Å². The molecular formula is C27H30FN5O3. The molecule has 2 aromatic carbocycles. The number of primary amides is 1. The van der Waals surface area contributed by atoms with E-state index in [1.807, 2.05) is 30.9 Å². The highest BCUT2D eigenvalue weighted by atomic mass is 19.1. The first kappa shape index (κ1) is 26.6. The third-order valence-corrected chi connectivity index (χ3v) is 6.02. The van der Waals surface area contributed by atoms with Crippen LogP contribution in [0.4, 0.5) is 4.39 Å². The summed E-state index contributed by atoms with van der Waals surface area (Å²) in [6.45, 7) is 7.43. The Morgan fingerprint density at radius 2 is 1.81 bits per heavy atom. The molecule has 3 rings (SSSR count). The molecule has 0 fully saturated rings. The Hall–Kier alpha value is -3.98. The topological polar surface area (TPSA) is 118 Å². The summed E-state index contributed by atoms with van der Waals surface area (Å²) in [7, 11) is 0. The van der Waals surface area contributed by atoms with E-state index in [9.17, 15) is 18.8 Å². The van der Waals surface area contributed by atoms with Crippen LogP contribution in [0.5, 0.6) is 0 Å². The van der Waals surface area contributed by atoms with Gasteiger partial charge in [-0.15, -0.1) is 0 Å². The van der Waals surface area contributed by atoms with Gasteiger partial charge in [0.1, 0.15) is 17.8 Å². The van der Waals surface area contributed by atoms with Crippen LogP contribution in [0.15, 0.2) is 48.8 Å². The first-order valence-corrected chi connectivity index (χ1v) is 11.5. The molecule has 0 bridgehead atoms. The summed E-state index contributed by atoms with van der Waals surface area (Å²) in [6, 6.07) is 11.6. The van der Waals surface area contributed by atoms with Crippen molar-refractivity contribution in [1.29, 1.82) is 0 Å². The summed E-state index contributed by atoms with van der Waals surface area (Å²) < 4.78 is 13.5. The number of nitrogens with one attached hydrogen (secondary N) is 1. The molecule has 0 saturated heterocycles. The summed E-state index contributed by atoms with van der Waals surface area (Å²) >= 11 is 0. The molecule has 0 aliphatic rings. The van der Waals surface area contributed by atoms with Gasteiger partial charge in [-0.3, -0.25) is 19.3 Å². The highest BCUT2D eigenvalue weighted by Crippen LogP contribution is 2.24. The van der Waals surface area contributed by atoms with Gasteiger partial charge in [0.25, 0.3) is 5.91 Å². The molecule has 3 N–H and O–H groups in total. The molecule has 9 heteroatoms. The molecule has 0 aliphatic heterocycles. The molecule has 0 unspecified atom stereocenters. The first-order valence-electron chi connectivity index (χ1n) is 11.5. The van der Waals surface area contributed by atoms with Crippen molar-refractivity contribution < 1.29 is 18.8 Å². The lowest BCUT2D eigenvalue weighted by molar-refractivity contribution is -0.119. The number of carbonyl (C=O) groups is 3. The zero-order chi connectivity index (χ0) is 26.4. The molecule has 8 nitrogen and oxygen atoms in total. The average Bonchev–Trinajstić information content (AvgIpc) is 2.83. The van der Waals surface area contributed by atoms with Gasteiger partial charge in [-0.05, 0) is 62.1 Å². The van der Waals surface area contributed by atoms with E-state index < -0.39 is 11.8 Å². The number of nitrogens with two attached hydrogens (primary N) is 1. The predicted molar refractivity (Wildman–Crippen MR) is 134 cm³/mol. The Balaban J connectivity index is 1.75. The van der Waals surface area contributed by atoms with Gasteiger partial charge in [-0.1, -0.05) is 30.3 Å². The number of rotatable bonds is 10. The van der Waals surface area contributed by atoms with E-state index in [4.69, 9.17) is 5.73 Å². The predicted octanol–water partition coefficient (Wildman–Crippen LogP) is 3.41. The monoisotopic (exact) mass is 491 g/mol. The second-order valence-electron chi connectivity index (χ2n) is 8.84. The minimum Gasteiger partial charge on any atom is -0.369 e. The van der Waals surface area contributed by atoms with Crippen LogP contribution in [0.1, 0.15) is 68.7 Å². The fourth-order valence-corrected chi connectivity index (χ4v) is 3.99. The maximum absolute atomic E-state index is 13.5. The fraction of sp³-hybridized carbons (Fsp3) is 0.296. The molecule has 188 valence electrons. The normalized spacial score (nSPS) is 11.8. The molecule has 1 aromatic heterocycles. The third-order valence-electron chi connectivity index (χ3n) is 6.02. The number of benzene rings is 2. The number of Topliss-reactive ketones (excluding diaryl/α,β-unsaturated/α-hetero) is 1. The lowest BCUT2D eigenvalue weighted by Gasteiger charge is -2.28. The minimum absolute atomic E-state index is 0.0120. The van der Waals surface area contributed by atoms with E-state index in [1.165, 1.54) is 19.3 Å². The van der Waals surface area contributed by atoms with Crippen molar-refractivity contribution in [2.75, 3.05) is 6.54 Å². The Labute approximate surface area is 209 Å². The summed E-state index contributed by atoms with van der Waals surface area (Å²) in [5, 5.41) is 2.78. The number of carbonyl (C=O) groups excluding carboxylic acids is 3. The number of nitrogens with zero attached hydrogens (tertiary/aromatic N) is 3. The van der Waals surface area contributed by atoms with Crippen LogP contribution >= 0.6 is 0 Å². The van der Waals surface area contributed by atoms with Crippen LogP contribution in [0.3, 0.4) is 0 Å².